The number of benzene rings is 1. The van der Waals surface area contributed by atoms with Crippen molar-refractivity contribution in [1.29, 1.82) is 0 Å². The van der Waals surface area contributed by atoms with Gasteiger partial charge in [0.05, 0.1) is 25.7 Å². The molecule has 1 saturated heterocycles. The van der Waals surface area contributed by atoms with Crippen molar-refractivity contribution in [3.63, 3.8) is 0 Å². The van der Waals surface area contributed by atoms with Gasteiger partial charge in [0.2, 0.25) is 15.9 Å². The normalized spacial score (nSPS) is 15.7. The first-order valence-electron chi connectivity index (χ1n) is 9.03. The van der Waals surface area contributed by atoms with Gasteiger partial charge in [0.1, 0.15) is 11.8 Å². The van der Waals surface area contributed by atoms with Crippen LogP contribution in [0.25, 0.3) is 0 Å². The molecule has 1 aliphatic rings. The van der Waals surface area contributed by atoms with Crippen LogP contribution in [0.15, 0.2) is 24.3 Å². The Morgan fingerprint density at radius 3 is 2.11 bits per heavy atom. The van der Waals surface area contributed by atoms with Gasteiger partial charge >= 0.3 is 6.09 Å². The molecular weight excluding hydrogens is 386 g/mol. The molecule has 1 atom stereocenters. The number of methoxy groups -OCH3 is 1. The smallest absolute Gasteiger partial charge is 0.409 e. The summed E-state index contributed by atoms with van der Waals surface area (Å²) in [4.78, 5) is 27.8. The van der Waals surface area contributed by atoms with Gasteiger partial charge in [-0.05, 0) is 38.1 Å². The fourth-order valence-corrected chi connectivity index (χ4v) is 4.29. The standard InChI is InChI=1S/C18H27N3O6S/c1-5-27-18(23)20-12-10-19(11-13-20)17(22)14(2)21(28(4,24)25)15-6-8-16(26-3)9-7-15/h6-9,14H,5,10-13H2,1-4H3/t14-/m0/s1. The number of carbonyl (C=O) groups excluding carboxylic acids is 2. The molecule has 2 rings (SSSR count). The third-order valence-corrected chi connectivity index (χ3v) is 5.75. The molecule has 9 nitrogen and oxygen atoms in total. The Morgan fingerprint density at radius 2 is 1.64 bits per heavy atom. The maximum Gasteiger partial charge on any atom is 0.409 e. The van der Waals surface area contributed by atoms with E-state index in [1.54, 1.807) is 43.0 Å². The largest absolute Gasteiger partial charge is 0.497 e. The number of nitrogens with zero attached hydrogens (tertiary/aromatic N) is 3. The van der Waals surface area contributed by atoms with E-state index in [0.717, 1.165) is 10.6 Å². The van der Waals surface area contributed by atoms with E-state index in [4.69, 9.17) is 9.47 Å². The second-order valence-electron chi connectivity index (χ2n) is 6.44. The van der Waals surface area contributed by atoms with Crippen molar-refractivity contribution in [1.82, 2.24) is 9.80 Å². The van der Waals surface area contributed by atoms with Crippen LogP contribution in [0.4, 0.5) is 10.5 Å². The van der Waals surface area contributed by atoms with Crippen LogP contribution < -0.4 is 9.04 Å². The fourth-order valence-electron chi connectivity index (χ4n) is 3.12. The number of hydrogen-bond acceptors (Lipinski definition) is 6. The van der Waals surface area contributed by atoms with Gasteiger partial charge in [-0.1, -0.05) is 0 Å². The zero-order valence-electron chi connectivity index (χ0n) is 16.6. The Hall–Kier alpha value is -2.49. The molecular formula is C18H27N3O6S. The lowest BCUT2D eigenvalue weighted by atomic mass is 10.2. The number of hydrogen-bond donors (Lipinski definition) is 0. The first-order chi connectivity index (χ1) is 13.2. The maximum absolute atomic E-state index is 12.9. The van der Waals surface area contributed by atoms with E-state index >= 15 is 0 Å². The third kappa shape index (κ3) is 5.06. The summed E-state index contributed by atoms with van der Waals surface area (Å²) in [5.41, 5.74) is 0.384. The van der Waals surface area contributed by atoms with Crippen molar-refractivity contribution in [3.8, 4) is 5.75 Å². The van der Waals surface area contributed by atoms with Crippen molar-refractivity contribution in [2.24, 2.45) is 0 Å². The SMILES string of the molecule is CCOC(=O)N1CCN(C(=O)[C@H](C)N(c2ccc(OC)cc2)S(C)(=O)=O)CC1. The summed E-state index contributed by atoms with van der Waals surface area (Å²) in [5.74, 6) is 0.274. The number of sulfonamides is 1. The van der Waals surface area contributed by atoms with Crippen LogP contribution in [0.5, 0.6) is 5.75 Å². The zero-order chi connectivity index (χ0) is 20.9. The molecule has 0 unspecified atom stereocenters. The highest BCUT2D eigenvalue weighted by Crippen LogP contribution is 2.24. The van der Waals surface area contributed by atoms with Crippen LogP contribution in [0, 0.1) is 0 Å². The number of piperazine rings is 1. The molecule has 0 bridgehead atoms. The highest BCUT2D eigenvalue weighted by Gasteiger charge is 2.34. The van der Waals surface area contributed by atoms with Gasteiger partial charge in [-0.2, -0.15) is 0 Å². The zero-order valence-corrected chi connectivity index (χ0v) is 17.4. The van der Waals surface area contributed by atoms with Crippen LogP contribution in [0.1, 0.15) is 13.8 Å². The molecule has 10 heteroatoms. The summed E-state index contributed by atoms with van der Waals surface area (Å²) in [7, 11) is -2.17. The molecule has 0 aromatic heterocycles. The summed E-state index contributed by atoms with van der Waals surface area (Å²) >= 11 is 0. The molecule has 0 saturated carbocycles. The van der Waals surface area contributed by atoms with Gasteiger partial charge in [-0.3, -0.25) is 9.10 Å². The van der Waals surface area contributed by atoms with Crippen LogP contribution in [-0.2, 0) is 19.6 Å². The molecule has 1 fully saturated rings. The molecule has 1 aromatic rings. The molecule has 0 N–H and O–H groups in total. The van der Waals surface area contributed by atoms with Gasteiger partial charge in [-0.15, -0.1) is 0 Å². The minimum absolute atomic E-state index is 0.292. The predicted octanol–water partition coefficient (Wildman–Crippen LogP) is 1.15. The first kappa shape index (κ1) is 21.8. The summed E-state index contributed by atoms with van der Waals surface area (Å²) in [6.45, 7) is 4.92. The molecule has 0 aliphatic carbocycles. The molecule has 156 valence electrons. The average Bonchev–Trinajstić information content (AvgIpc) is 2.67. The quantitative estimate of drug-likeness (QED) is 0.694. The van der Waals surface area contributed by atoms with Crippen LogP contribution in [-0.4, -0.2) is 82.4 Å². The minimum atomic E-state index is -3.69. The Kier molecular flexibility index (Phi) is 7.11. The third-order valence-electron chi connectivity index (χ3n) is 4.51. The minimum Gasteiger partial charge on any atom is -0.497 e. The number of amides is 2. The van der Waals surface area contributed by atoms with Crippen molar-refractivity contribution < 1.29 is 27.5 Å². The Bertz CT molecular complexity index is 788. The summed E-state index contributed by atoms with van der Waals surface area (Å²) in [5, 5.41) is 0. The Labute approximate surface area is 165 Å². The fraction of sp³-hybridized carbons (Fsp3) is 0.556. The maximum atomic E-state index is 12.9. The molecule has 1 aromatic carbocycles. The van der Waals surface area contributed by atoms with Crippen molar-refractivity contribution in [2.45, 2.75) is 19.9 Å². The molecule has 1 heterocycles. The molecule has 1 aliphatic heterocycles. The van der Waals surface area contributed by atoms with Gasteiger partial charge < -0.3 is 19.3 Å². The van der Waals surface area contributed by atoms with E-state index in [9.17, 15) is 18.0 Å². The highest BCUT2D eigenvalue weighted by molar-refractivity contribution is 7.92. The topological polar surface area (TPSA) is 96.5 Å². The van der Waals surface area contributed by atoms with Gasteiger partial charge in [-0.25, -0.2) is 13.2 Å². The van der Waals surface area contributed by atoms with Crippen molar-refractivity contribution >= 4 is 27.7 Å². The molecule has 2 amide bonds. The Balaban J connectivity index is 2.13. The van der Waals surface area contributed by atoms with E-state index in [2.05, 4.69) is 0 Å². The molecule has 28 heavy (non-hydrogen) atoms. The average molecular weight is 413 g/mol. The van der Waals surface area contributed by atoms with E-state index < -0.39 is 22.2 Å². The first-order valence-corrected chi connectivity index (χ1v) is 10.9. The van der Waals surface area contributed by atoms with Gasteiger partial charge in [0, 0.05) is 26.2 Å². The molecule has 0 spiro atoms. The number of carbonyl (C=O) groups is 2. The summed E-state index contributed by atoms with van der Waals surface area (Å²) in [6, 6.07) is 5.56. The second-order valence-corrected chi connectivity index (χ2v) is 8.30. The summed E-state index contributed by atoms with van der Waals surface area (Å²) < 4.78 is 35.9. The van der Waals surface area contributed by atoms with E-state index in [1.807, 2.05) is 0 Å². The van der Waals surface area contributed by atoms with Crippen LogP contribution in [0.2, 0.25) is 0 Å². The molecule has 0 radical (unpaired) electrons. The van der Waals surface area contributed by atoms with Crippen LogP contribution >= 0.6 is 0 Å². The summed E-state index contributed by atoms with van der Waals surface area (Å²) in [6.07, 6.45) is 0.665. The van der Waals surface area contributed by atoms with E-state index in [1.165, 1.54) is 12.0 Å². The van der Waals surface area contributed by atoms with Gasteiger partial charge in [0.15, 0.2) is 0 Å². The van der Waals surface area contributed by atoms with E-state index in [0.29, 0.717) is 44.2 Å². The van der Waals surface area contributed by atoms with Crippen molar-refractivity contribution in [3.05, 3.63) is 24.3 Å². The van der Waals surface area contributed by atoms with Crippen LogP contribution in [0.3, 0.4) is 0 Å². The highest BCUT2D eigenvalue weighted by atomic mass is 32.2. The Morgan fingerprint density at radius 1 is 1.11 bits per heavy atom. The lowest BCUT2D eigenvalue weighted by molar-refractivity contribution is -0.133. The lowest BCUT2D eigenvalue weighted by Crippen LogP contribution is -2.56. The lowest BCUT2D eigenvalue weighted by Gasteiger charge is -2.37. The monoisotopic (exact) mass is 413 g/mol. The number of ether oxygens (including phenoxy) is 2. The number of anilines is 1. The van der Waals surface area contributed by atoms with Gasteiger partial charge in [0.25, 0.3) is 0 Å². The van der Waals surface area contributed by atoms with Crippen molar-refractivity contribution in [2.75, 3.05) is 50.5 Å². The second kappa shape index (κ2) is 9.13. The number of rotatable bonds is 6. The van der Waals surface area contributed by atoms with E-state index in [-0.39, 0.29) is 5.91 Å². The predicted molar refractivity (Wildman–Crippen MR) is 105 cm³/mol.